The minimum atomic E-state index is -0.252. The molecule has 0 radical (unpaired) electrons. The summed E-state index contributed by atoms with van der Waals surface area (Å²) in [6.45, 7) is 4.35. The van der Waals surface area contributed by atoms with Crippen LogP contribution in [0.3, 0.4) is 0 Å². The molecule has 1 fully saturated rings. The highest BCUT2D eigenvalue weighted by molar-refractivity contribution is 7.09. The largest absolute Gasteiger partial charge is 0.343 e. The number of urea groups is 1. The zero-order chi connectivity index (χ0) is 21.8. The number of hydrogen-bond donors (Lipinski definition) is 2. The minimum absolute atomic E-state index is 0.0169. The van der Waals surface area contributed by atoms with Gasteiger partial charge in [0.2, 0.25) is 5.13 Å². The number of carbonyl (C=O) groups excluding carboxylic acids is 1. The number of benzene rings is 2. The third kappa shape index (κ3) is 5.00. The molecule has 0 saturated carbocycles. The molecule has 0 spiro atoms. The molecule has 2 aromatic carbocycles. The summed E-state index contributed by atoms with van der Waals surface area (Å²) in [4.78, 5) is 21.5. The Morgan fingerprint density at radius 3 is 2.74 bits per heavy atom. The summed E-state index contributed by atoms with van der Waals surface area (Å²) in [5, 5.41) is 3.83. The van der Waals surface area contributed by atoms with Gasteiger partial charge in [-0.05, 0) is 36.2 Å². The van der Waals surface area contributed by atoms with Crippen LogP contribution >= 0.6 is 11.5 Å². The van der Waals surface area contributed by atoms with Crippen LogP contribution in [-0.4, -0.2) is 46.0 Å². The van der Waals surface area contributed by atoms with E-state index in [4.69, 9.17) is 5.73 Å². The second-order valence-electron chi connectivity index (χ2n) is 7.58. The van der Waals surface area contributed by atoms with Crippen LogP contribution in [0.2, 0.25) is 0 Å². The van der Waals surface area contributed by atoms with E-state index in [1.807, 2.05) is 36.1 Å². The van der Waals surface area contributed by atoms with Crippen molar-refractivity contribution in [1.29, 1.82) is 0 Å². The fourth-order valence-electron chi connectivity index (χ4n) is 3.67. The molecule has 2 heterocycles. The quantitative estimate of drug-likeness (QED) is 0.634. The summed E-state index contributed by atoms with van der Waals surface area (Å²) >= 11 is 1.36. The molecule has 0 bridgehead atoms. The van der Waals surface area contributed by atoms with Gasteiger partial charge in [0.15, 0.2) is 0 Å². The molecular formula is C22H25FN6OS. The number of aromatic nitrogens is 2. The number of halogens is 1. The van der Waals surface area contributed by atoms with Gasteiger partial charge in [-0.25, -0.2) is 14.2 Å². The van der Waals surface area contributed by atoms with Crippen LogP contribution in [0.25, 0.3) is 0 Å². The molecule has 1 aromatic heterocycles. The second kappa shape index (κ2) is 9.40. The first kappa shape index (κ1) is 21.2. The number of nitrogens with zero attached hydrogens (tertiary/aromatic N) is 4. The number of para-hydroxylation sites is 1. The fourth-order valence-corrected chi connectivity index (χ4v) is 4.39. The molecule has 4 rings (SSSR count). The van der Waals surface area contributed by atoms with Crippen molar-refractivity contribution in [2.24, 2.45) is 5.73 Å². The molecule has 1 unspecified atom stereocenters. The molecule has 2 amide bonds. The Morgan fingerprint density at radius 1 is 1.23 bits per heavy atom. The van der Waals surface area contributed by atoms with Gasteiger partial charge < -0.3 is 20.9 Å². The van der Waals surface area contributed by atoms with E-state index >= 15 is 0 Å². The van der Waals surface area contributed by atoms with Crippen LogP contribution in [0.5, 0.6) is 0 Å². The van der Waals surface area contributed by atoms with E-state index in [0.717, 1.165) is 27.8 Å². The van der Waals surface area contributed by atoms with Gasteiger partial charge in [-0.3, -0.25) is 0 Å². The van der Waals surface area contributed by atoms with Crippen molar-refractivity contribution in [2.45, 2.75) is 25.9 Å². The summed E-state index contributed by atoms with van der Waals surface area (Å²) in [6, 6.07) is 13.9. The molecule has 162 valence electrons. The van der Waals surface area contributed by atoms with E-state index in [1.165, 1.54) is 23.7 Å². The maximum atomic E-state index is 13.1. The molecule has 1 saturated heterocycles. The second-order valence-corrected chi connectivity index (χ2v) is 8.31. The van der Waals surface area contributed by atoms with E-state index in [0.29, 0.717) is 32.6 Å². The smallest absolute Gasteiger partial charge is 0.322 e. The molecule has 3 aromatic rings. The summed E-state index contributed by atoms with van der Waals surface area (Å²) in [7, 11) is 0. The number of rotatable bonds is 5. The number of anilines is 2. The van der Waals surface area contributed by atoms with Crippen molar-refractivity contribution in [3.8, 4) is 0 Å². The third-order valence-corrected chi connectivity index (χ3v) is 6.19. The summed E-state index contributed by atoms with van der Waals surface area (Å²) in [5.74, 6) is 0.468. The summed E-state index contributed by atoms with van der Waals surface area (Å²) in [6.07, 6.45) is 0.565. The normalized spacial score (nSPS) is 16.4. The molecule has 1 atom stereocenters. The van der Waals surface area contributed by atoms with Crippen LogP contribution in [0, 0.1) is 5.82 Å². The molecular weight excluding hydrogens is 415 g/mol. The Hall–Kier alpha value is -3.04. The van der Waals surface area contributed by atoms with Gasteiger partial charge in [-0.1, -0.05) is 30.3 Å². The topological polar surface area (TPSA) is 87.4 Å². The van der Waals surface area contributed by atoms with E-state index in [1.54, 1.807) is 12.1 Å². The molecule has 1 aliphatic heterocycles. The molecule has 7 nitrogen and oxygen atoms in total. The Kier molecular flexibility index (Phi) is 6.43. The first-order valence-corrected chi connectivity index (χ1v) is 11.0. The van der Waals surface area contributed by atoms with Crippen LogP contribution in [0.15, 0.2) is 48.5 Å². The lowest BCUT2D eigenvalue weighted by Gasteiger charge is -2.39. The van der Waals surface area contributed by atoms with Crippen molar-refractivity contribution in [1.82, 2.24) is 14.3 Å². The maximum Gasteiger partial charge on any atom is 0.322 e. The van der Waals surface area contributed by atoms with Crippen LogP contribution in [-0.2, 0) is 13.0 Å². The van der Waals surface area contributed by atoms with Crippen molar-refractivity contribution in [3.05, 3.63) is 71.3 Å². The highest BCUT2D eigenvalue weighted by Crippen LogP contribution is 2.23. The van der Waals surface area contributed by atoms with E-state index < -0.39 is 0 Å². The summed E-state index contributed by atoms with van der Waals surface area (Å²) in [5.41, 5.74) is 8.40. The van der Waals surface area contributed by atoms with Gasteiger partial charge in [0, 0.05) is 55.9 Å². The van der Waals surface area contributed by atoms with Gasteiger partial charge in [-0.2, -0.15) is 4.37 Å². The van der Waals surface area contributed by atoms with Crippen LogP contribution in [0.4, 0.5) is 20.0 Å². The van der Waals surface area contributed by atoms with Gasteiger partial charge in [0.05, 0.1) is 0 Å². The number of carbonyl (C=O) groups is 1. The predicted molar refractivity (Wildman–Crippen MR) is 121 cm³/mol. The van der Waals surface area contributed by atoms with E-state index in [2.05, 4.69) is 19.6 Å². The molecule has 3 N–H and O–H groups in total. The zero-order valence-electron chi connectivity index (χ0n) is 17.3. The van der Waals surface area contributed by atoms with E-state index in [9.17, 15) is 9.18 Å². The van der Waals surface area contributed by atoms with Gasteiger partial charge in [0.25, 0.3) is 0 Å². The van der Waals surface area contributed by atoms with Gasteiger partial charge in [0.1, 0.15) is 11.6 Å². The van der Waals surface area contributed by atoms with Crippen molar-refractivity contribution in [3.63, 3.8) is 0 Å². The lowest BCUT2D eigenvalue weighted by molar-refractivity contribution is 0.185. The standard InChI is InChI=1S/C22H25FN6OS/c1-15-14-28(22-26-20(27-31-22)12-16-6-8-18(23)9-7-16)10-11-29(15)21(30)25-19-5-3-2-4-17(19)13-24/h2-9,15H,10-14,24H2,1H3,(H,25,30). The average molecular weight is 441 g/mol. The number of amides is 2. The first-order valence-electron chi connectivity index (χ1n) is 10.2. The third-order valence-electron chi connectivity index (χ3n) is 5.37. The Labute approximate surface area is 184 Å². The number of nitrogens with two attached hydrogens (primary N) is 1. The Balaban J connectivity index is 1.36. The number of hydrogen-bond acceptors (Lipinski definition) is 6. The average Bonchev–Trinajstić information content (AvgIpc) is 3.24. The Bertz CT molecular complexity index is 1040. The van der Waals surface area contributed by atoms with Crippen LogP contribution < -0.4 is 16.0 Å². The first-order chi connectivity index (χ1) is 15.0. The highest BCUT2D eigenvalue weighted by atomic mass is 32.1. The molecule has 9 heteroatoms. The lowest BCUT2D eigenvalue weighted by Crippen LogP contribution is -2.55. The highest BCUT2D eigenvalue weighted by Gasteiger charge is 2.29. The van der Waals surface area contributed by atoms with Crippen LogP contribution in [0.1, 0.15) is 23.9 Å². The van der Waals surface area contributed by atoms with Crippen molar-refractivity contribution >= 4 is 28.4 Å². The molecule has 31 heavy (non-hydrogen) atoms. The predicted octanol–water partition coefficient (Wildman–Crippen LogP) is 3.47. The van der Waals surface area contributed by atoms with Crippen molar-refractivity contribution in [2.75, 3.05) is 29.9 Å². The summed E-state index contributed by atoms with van der Waals surface area (Å²) < 4.78 is 17.5. The SMILES string of the molecule is CC1CN(c2nc(Cc3ccc(F)cc3)ns2)CCN1C(=O)Nc1ccccc1CN. The lowest BCUT2D eigenvalue weighted by atomic mass is 10.1. The maximum absolute atomic E-state index is 13.1. The monoisotopic (exact) mass is 440 g/mol. The number of piperazine rings is 1. The number of nitrogens with one attached hydrogen (secondary N) is 1. The van der Waals surface area contributed by atoms with E-state index in [-0.39, 0.29) is 17.9 Å². The zero-order valence-corrected chi connectivity index (χ0v) is 18.1. The Morgan fingerprint density at radius 2 is 2.00 bits per heavy atom. The molecule has 0 aliphatic carbocycles. The van der Waals surface area contributed by atoms with Crippen molar-refractivity contribution < 1.29 is 9.18 Å². The minimum Gasteiger partial charge on any atom is -0.343 e. The molecule has 1 aliphatic rings. The van der Waals surface area contributed by atoms with Gasteiger partial charge in [-0.15, -0.1) is 0 Å². The fraction of sp³-hybridized carbons (Fsp3) is 0.318. The van der Waals surface area contributed by atoms with Gasteiger partial charge >= 0.3 is 6.03 Å².